The van der Waals surface area contributed by atoms with Gasteiger partial charge >= 0.3 is 11.9 Å². The Morgan fingerprint density at radius 3 is 2.11 bits per heavy atom. The standard InChI is InChI=1S/C25H30Cl2N2O3.C8H6O4/c26-23-7-6-20(14-24(23)27)19-8-11-28(12-9-19)16-21(30)17-32-22-4-1-3-18(13-22)15-29-10-2-5-25(29)31;9-7(10)5-1-2-6(4-3-5)8(11)12/h1,3-4,6-7,13-14,19,21,30H,2,5,8-12,15-17H2;1-4H,(H,9,10)(H,11,12)/t21-;/m0./s1. The maximum atomic E-state index is 11.8. The maximum absolute atomic E-state index is 11.8. The van der Waals surface area contributed by atoms with E-state index in [4.69, 9.17) is 38.2 Å². The highest BCUT2D eigenvalue weighted by molar-refractivity contribution is 6.42. The molecule has 0 aliphatic carbocycles. The predicted molar refractivity (Wildman–Crippen MR) is 168 cm³/mol. The number of aliphatic hydroxyl groups excluding tert-OH is 1. The monoisotopic (exact) mass is 642 g/mol. The summed E-state index contributed by atoms with van der Waals surface area (Å²) in [5, 5.41) is 28.6. The van der Waals surface area contributed by atoms with Gasteiger partial charge in [0.2, 0.25) is 5.91 Å². The molecule has 2 aliphatic heterocycles. The summed E-state index contributed by atoms with van der Waals surface area (Å²) in [7, 11) is 0. The summed E-state index contributed by atoms with van der Waals surface area (Å²) < 4.78 is 5.85. The van der Waals surface area contributed by atoms with Gasteiger partial charge in [-0.15, -0.1) is 0 Å². The Balaban J connectivity index is 0.000000309. The number of carboxylic acids is 2. The fourth-order valence-corrected chi connectivity index (χ4v) is 5.65. The fourth-order valence-electron chi connectivity index (χ4n) is 5.34. The lowest BCUT2D eigenvalue weighted by molar-refractivity contribution is -0.128. The highest BCUT2D eigenvalue weighted by Crippen LogP contribution is 2.32. The van der Waals surface area contributed by atoms with E-state index in [1.165, 1.54) is 29.8 Å². The van der Waals surface area contributed by atoms with E-state index in [0.717, 1.165) is 50.2 Å². The van der Waals surface area contributed by atoms with Crippen molar-refractivity contribution in [2.45, 2.75) is 44.2 Å². The van der Waals surface area contributed by atoms with Gasteiger partial charge in [-0.25, -0.2) is 9.59 Å². The third-order valence-electron chi connectivity index (χ3n) is 7.74. The topological polar surface area (TPSA) is 128 Å². The Bertz CT molecular complexity index is 1410. The van der Waals surface area contributed by atoms with E-state index >= 15 is 0 Å². The number of aliphatic hydroxyl groups is 1. The highest BCUT2D eigenvalue weighted by atomic mass is 35.5. The number of carboxylic acid groups (broad SMARTS) is 2. The molecule has 44 heavy (non-hydrogen) atoms. The number of β-amino-alcohol motifs (C(OH)–C–C–N with tert-alkyl or cyclic N) is 1. The minimum Gasteiger partial charge on any atom is -0.491 e. The van der Waals surface area contributed by atoms with Crippen LogP contribution >= 0.6 is 23.2 Å². The van der Waals surface area contributed by atoms with Crippen LogP contribution in [0, 0.1) is 0 Å². The molecule has 2 heterocycles. The van der Waals surface area contributed by atoms with E-state index in [1.54, 1.807) is 0 Å². The molecule has 0 unspecified atom stereocenters. The summed E-state index contributed by atoms with van der Waals surface area (Å²) in [4.78, 5) is 36.7. The highest BCUT2D eigenvalue weighted by Gasteiger charge is 2.23. The number of likely N-dealkylation sites (tertiary alicyclic amines) is 2. The second kappa shape index (κ2) is 15.9. The zero-order valence-electron chi connectivity index (χ0n) is 24.2. The van der Waals surface area contributed by atoms with E-state index in [9.17, 15) is 19.5 Å². The molecule has 0 aromatic heterocycles. The van der Waals surface area contributed by atoms with Crippen molar-refractivity contribution in [3.8, 4) is 5.75 Å². The maximum Gasteiger partial charge on any atom is 0.335 e. The van der Waals surface area contributed by atoms with Crippen LogP contribution in [-0.4, -0.2) is 81.9 Å². The molecule has 1 amide bonds. The molecule has 0 radical (unpaired) electrons. The molecule has 2 fully saturated rings. The van der Waals surface area contributed by atoms with Crippen molar-refractivity contribution in [3.05, 3.63) is 99.0 Å². The van der Waals surface area contributed by atoms with Gasteiger partial charge in [-0.1, -0.05) is 41.4 Å². The number of carbonyl (C=O) groups excluding carboxylic acids is 1. The Morgan fingerprint density at radius 2 is 1.55 bits per heavy atom. The van der Waals surface area contributed by atoms with Crippen molar-refractivity contribution in [3.63, 3.8) is 0 Å². The quantitative estimate of drug-likeness (QED) is 0.252. The number of halogens is 2. The SMILES string of the molecule is O=C(O)c1ccc(C(=O)O)cc1.O=C1CCCN1Cc1cccc(OC[C@@H](O)CN2CCC(c3ccc(Cl)c(Cl)c3)CC2)c1. The Kier molecular flexibility index (Phi) is 12.0. The van der Waals surface area contributed by atoms with E-state index in [0.29, 0.717) is 35.5 Å². The van der Waals surface area contributed by atoms with Crippen molar-refractivity contribution in [1.82, 2.24) is 9.80 Å². The van der Waals surface area contributed by atoms with E-state index in [-0.39, 0.29) is 23.6 Å². The number of amides is 1. The zero-order chi connectivity index (χ0) is 31.6. The smallest absolute Gasteiger partial charge is 0.335 e. The predicted octanol–water partition coefficient (Wildman–Crippen LogP) is 5.82. The normalized spacial score (nSPS) is 16.2. The van der Waals surface area contributed by atoms with Crippen molar-refractivity contribution in [2.24, 2.45) is 0 Å². The molecule has 0 bridgehead atoms. The summed E-state index contributed by atoms with van der Waals surface area (Å²) >= 11 is 12.2. The lowest BCUT2D eigenvalue weighted by atomic mass is 9.89. The number of hydrogen-bond donors (Lipinski definition) is 3. The Hall–Kier alpha value is -3.63. The summed E-state index contributed by atoms with van der Waals surface area (Å²) in [6.07, 6.45) is 3.09. The zero-order valence-corrected chi connectivity index (χ0v) is 25.7. The van der Waals surface area contributed by atoms with Crippen LogP contribution in [0.25, 0.3) is 0 Å². The number of rotatable bonds is 10. The number of benzene rings is 3. The molecule has 3 aromatic rings. The summed E-state index contributed by atoms with van der Waals surface area (Å²) in [6, 6.07) is 18.7. The molecule has 1 atom stereocenters. The van der Waals surface area contributed by atoms with Gasteiger partial charge in [0.1, 0.15) is 18.5 Å². The van der Waals surface area contributed by atoms with Crippen molar-refractivity contribution in [1.29, 1.82) is 0 Å². The van der Waals surface area contributed by atoms with Crippen LogP contribution < -0.4 is 4.74 Å². The molecule has 0 spiro atoms. The van der Waals surface area contributed by atoms with Crippen LogP contribution in [0.2, 0.25) is 10.0 Å². The van der Waals surface area contributed by atoms with Crippen LogP contribution in [0.3, 0.4) is 0 Å². The van der Waals surface area contributed by atoms with E-state index < -0.39 is 18.0 Å². The number of piperidine rings is 1. The fraction of sp³-hybridized carbons (Fsp3) is 0.364. The van der Waals surface area contributed by atoms with Gasteiger partial charge in [0.25, 0.3) is 0 Å². The van der Waals surface area contributed by atoms with Crippen molar-refractivity contribution in [2.75, 3.05) is 32.8 Å². The van der Waals surface area contributed by atoms with Crippen molar-refractivity contribution < 1.29 is 34.4 Å². The van der Waals surface area contributed by atoms with Crippen LogP contribution in [0.5, 0.6) is 5.75 Å². The molecule has 3 N–H and O–H groups in total. The van der Waals surface area contributed by atoms with Gasteiger partial charge in [0.05, 0.1) is 21.2 Å². The van der Waals surface area contributed by atoms with Crippen LogP contribution in [0.1, 0.15) is 63.4 Å². The largest absolute Gasteiger partial charge is 0.491 e. The summed E-state index contributed by atoms with van der Waals surface area (Å²) in [5.74, 6) is -0.709. The van der Waals surface area contributed by atoms with E-state index in [1.807, 2.05) is 41.3 Å². The molecule has 234 valence electrons. The lowest BCUT2D eigenvalue weighted by Gasteiger charge is -2.33. The van der Waals surface area contributed by atoms with Gasteiger partial charge in [-0.05, 0) is 97.9 Å². The molecule has 5 rings (SSSR count). The van der Waals surface area contributed by atoms with Crippen LogP contribution in [0.15, 0.2) is 66.7 Å². The molecule has 2 aliphatic rings. The molecular weight excluding hydrogens is 607 g/mol. The van der Waals surface area contributed by atoms with Gasteiger partial charge in [0.15, 0.2) is 0 Å². The van der Waals surface area contributed by atoms with Gasteiger partial charge in [0, 0.05) is 26.1 Å². The number of aromatic carboxylic acids is 2. The number of carbonyl (C=O) groups is 3. The Labute approximate surface area is 266 Å². The molecule has 9 nitrogen and oxygen atoms in total. The Morgan fingerprint density at radius 1 is 0.886 bits per heavy atom. The average molecular weight is 644 g/mol. The molecule has 3 aromatic carbocycles. The summed E-state index contributed by atoms with van der Waals surface area (Å²) in [6.45, 7) is 4.15. The third-order valence-corrected chi connectivity index (χ3v) is 8.48. The first-order chi connectivity index (χ1) is 21.1. The third kappa shape index (κ3) is 9.69. The second-order valence-electron chi connectivity index (χ2n) is 11.0. The van der Waals surface area contributed by atoms with Crippen LogP contribution in [-0.2, 0) is 11.3 Å². The van der Waals surface area contributed by atoms with Gasteiger partial charge in [-0.3, -0.25) is 4.79 Å². The van der Waals surface area contributed by atoms with E-state index in [2.05, 4.69) is 11.0 Å². The molecule has 11 heteroatoms. The van der Waals surface area contributed by atoms with Crippen molar-refractivity contribution >= 4 is 41.0 Å². The molecular formula is C33H36Cl2N2O7. The second-order valence-corrected chi connectivity index (χ2v) is 11.8. The summed E-state index contributed by atoms with van der Waals surface area (Å²) in [5.41, 5.74) is 2.45. The first-order valence-corrected chi connectivity index (χ1v) is 15.3. The average Bonchev–Trinajstić information content (AvgIpc) is 3.42. The lowest BCUT2D eigenvalue weighted by Crippen LogP contribution is -2.40. The number of nitrogens with zero attached hydrogens (tertiary/aromatic N) is 2. The number of ether oxygens (including phenoxy) is 1. The van der Waals surface area contributed by atoms with Crippen LogP contribution in [0.4, 0.5) is 0 Å². The molecule has 0 saturated carbocycles. The molecule has 2 saturated heterocycles. The minimum atomic E-state index is -1.06. The minimum absolute atomic E-state index is 0.0833. The first-order valence-electron chi connectivity index (χ1n) is 14.5. The van der Waals surface area contributed by atoms with Gasteiger partial charge < -0.3 is 29.9 Å². The van der Waals surface area contributed by atoms with Gasteiger partial charge in [-0.2, -0.15) is 0 Å². The number of hydrogen-bond acceptors (Lipinski definition) is 6. The first kappa shape index (κ1) is 33.3.